The molecule has 5 heteroatoms. The maximum Gasteiger partial charge on any atom is 0.339 e. The molecule has 3 nitrogen and oxygen atoms in total. The minimum absolute atomic E-state index is 0.373. The number of rotatable bonds is 4. The molecule has 0 unspecified atom stereocenters. The number of ether oxygens (including phenoxy) is 1. The average Bonchev–Trinajstić information content (AvgIpc) is 2.81. The van der Waals surface area contributed by atoms with E-state index in [2.05, 4.69) is 18.3 Å². The van der Waals surface area contributed by atoms with Gasteiger partial charge in [0.25, 0.3) is 0 Å². The molecule has 0 saturated heterocycles. The monoisotopic (exact) mass is 295 g/mol. The van der Waals surface area contributed by atoms with Crippen molar-refractivity contribution in [3.8, 4) is 0 Å². The Balaban J connectivity index is 2.21. The Hall–Kier alpha value is -1.52. The summed E-state index contributed by atoms with van der Waals surface area (Å²) in [6.45, 7) is 2.72. The molecule has 1 heterocycles. The molecule has 0 radical (unpaired) electrons. The van der Waals surface area contributed by atoms with Gasteiger partial charge in [-0.15, -0.1) is 11.3 Å². The first kappa shape index (κ1) is 13.9. The SMILES string of the molecule is COC(=O)c1ccc(Cl)cc1NCc1sccc1C. The largest absolute Gasteiger partial charge is 0.465 e. The first-order chi connectivity index (χ1) is 9.11. The predicted molar refractivity (Wildman–Crippen MR) is 79.2 cm³/mol. The first-order valence-corrected chi connectivity index (χ1v) is 7.02. The molecule has 2 rings (SSSR count). The van der Waals surface area contributed by atoms with Crippen molar-refractivity contribution in [3.05, 3.63) is 50.7 Å². The number of carbonyl (C=O) groups is 1. The van der Waals surface area contributed by atoms with E-state index in [1.165, 1.54) is 17.6 Å². The molecule has 0 aliphatic rings. The van der Waals surface area contributed by atoms with Crippen LogP contribution in [0.2, 0.25) is 5.02 Å². The molecule has 1 aromatic heterocycles. The van der Waals surface area contributed by atoms with Gasteiger partial charge in [0.1, 0.15) is 0 Å². The Kier molecular flexibility index (Phi) is 4.45. The minimum Gasteiger partial charge on any atom is -0.465 e. The van der Waals surface area contributed by atoms with Crippen molar-refractivity contribution in [2.24, 2.45) is 0 Å². The van der Waals surface area contributed by atoms with Gasteiger partial charge in [-0.1, -0.05) is 11.6 Å². The standard InChI is InChI=1S/C14H14ClNO2S/c1-9-5-6-19-13(9)8-16-12-7-10(15)3-4-11(12)14(17)18-2/h3-7,16H,8H2,1-2H3. The third-order valence-electron chi connectivity index (χ3n) is 2.79. The zero-order valence-corrected chi connectivity index (χ0v) is 12.3. The lowest BCUT2D eigenvalue weighted by molar-refractivity contribution is 0.0602. The highest BCUT2D eigenvalue weighted by Crippen LogP contribution is 2.24. The second-order valence-electron chi connectivity index (χ2n) is 4.06. The van der Waals surface area contributed by atoms with Crippen molar-refractivity contribution >= 4 is 34.6 Å². The zero-order valence-electron chi connectivity index (χ0n) is 10.7. The second kappa shape index (κ2) is 6.08. The molecule has 1 N–H and O–H groups in total. The maximum atomic E-state index is 11.7. The van der Waals surface area contributed by atoms with Crippen molar-refractivity contribution < 1.29 is 9.53 Å². The van der Waals surface area contributed by atoms with E-state index < -0.39 is 0 Å². The predicted octanol–water partition coefficient (Wildman–Crippen LogP) is 4.11. The Morgan fingerprint density at radius 1 is 1.42 bits per heavy atom. The van der Waals surface area contributed by atoms with E-state index in [0.717, 1.165) is 0 Å². The molecule has 0 aliphatic carbocycles. The van der Waals surface area contributed by atoms with E-state index in [9.17, 15) is 4.79 Å². The third kappa shape index (κ3) is 3.28. The fraction of sp³-hybridized carbons (Fsp3) is 0.214. The van der Waals surface area contributed by atoms with Crippen molar-refractivity contribution in [1.29, 1.82) is 0 Å². The van der Waals surface area contributed by atoms with Gasteiger partial charge in [0.05, 0.1) is 18.4 Å². The Labute approximate surface area is 121 Å². The van der Waals surface area contributed by atoms with Gasteiger partial charge < -0.3 is 10.1 Å². The lowest BCUT2D eigenvalue weighted by Crippen LogP contribution is -2.08. The lowest BCUT2D eigenvalue weighted by Gasteiger charge is -2.11. The van der Waals surface area contributed by atoms with Crippen molar-refractivity contribution in [1.82, 2.24) is 0 Å². The van der Waals surface area contributed by atoms with Crippen LogP contribution >= 0.6 is 22.9 Å². The van der Waals surface area contributed by atoms with E-state index in [0.29, 0.717) is 22.8 Å². The molecular formula is C14H14ClNO2S. The summed E-state index contributed by atoms with van der Waals surface area (Å²) in [6, 6.07) is 7.14. The second-order valence-corrected chi connectivity index (χ2v) is 5.50. The van der Waals surface area contributed by atoms with Crippen molar-refractivity contribution in [2.75, 3.05) is 12.4 Å². The summed E-state index contributed by atoms with van der Waals surface area (Å²) < 4.78 is 4.76. The van der Waals surface area contributed by atoms with Crippen LogP contribution < -0.4 is 5.32 Å². The number of esters is 1. The average molecular weight is 296 g/mol. The van der Waals surface area contributed by atoms with Crippen LogP contribution in [0.4, 0.5) is 5.69 Å². The smallest absolute Gasteiger partial charge is 0.339 e. The summed E-state index contributed by atoms with van der Waals surface area (Å²) in [7, 11) is 1.37. The van der Waals surface area contributed by atoms with Gasteiger partial charge in [-0.05, 0) is 42.1 Å². The van der Waals surface area contributed by atoms with E-state index in [1.807, 2.05) is 5.38 Å². The van der Waals surface area contributed by atoms with Crippen LogP contribution in [0, 0.1) is 6.92 Å². The highest BCUT2D eigenvalue weighted by molar-refractivity contribution is 7.10. The van der Waals surface area contributed by atoms with E-state index in [1.54, 1.807) is 29.5 Å². The normalized spacial score (nSPS) is 10.3. The summed E-state index contributed by atoms with van der Waals surface area (Å²) in [4.78, 5) is 12.9. The highest BCUT2D eigenvalue weighted by atomic mass is 35.5. The van der Waals surface area contributed by atoms with Crippen LogP contribution in [0.1, 0.15) is 20.8 Å². The van der Waals surface area contributed by atoms with Gasteiger partial charge in [0.15, 0.2) is 0 Å². The molecule has 0 aliphatic heterocycles. The molecule has 19 heavy (non-hydrogen) atoms. The molecule has 0 bridgehead atoms. The molecule has 0 fully saturated rings. The van der Waals surface area contributed by atoms with Gasteiger partial charge in [0, 0.05) is 16.4 Å². The van der Waals surface area contributed by atoms with Gasteiger partial charge in [0.2, 0.25) is 0 Å². The Morgan fingerprint density at radius 3 is 2.84 bits per heavy atom. The van der Waals surface area contributed by atoms with Gasteiger partial charge in [-0.25, -0.2) is 4.79 Å². The maximum absolute atomic E-state index is 11.7. The molecular weight excluding hydrogens is 282 g/mol. The van der Waals surface area contributed by atoms with Crippen LogP contribution in [0.15, 0.2) is 29.6 Å². The highest BCUT2D eigenvalue weighted by Gasteiger charge is 2.12. The number of anilines is 1. The number of methoxy groups -OCH3 is 1. The summed E-state index contributed by atoms with van der Waals surface area (Å²) in [5, 5.41) is 5.87. The van der Waals surface area contributed by atoms with Gasteiger partial charge >= 0.3 is 5.97 Å². The summed E-state index contributed by atoms with van der Waals surface area (Å²) in [6.07, 6.45) is 0. The van der Waals surface area contributed by atoms with Crippen molar-refractivity contribution in [2.45, 2.75) is 13.5 Å². The molecule has 1 aromatic carbocycles. The van der Waals surface area contributed by atoms with Crippen LogP contribution in [0.5, 0.6) is 0 Å². The molecule has 0 saturated carbocycles. The van der Waals surface area contributed by atoms with Crippen LogP contribution in [0.25, 0.3) is 0 Å². The fourth-order valence-electron chi connectivity index (χ4n) is 1.71. The number of aryl methyl sites for hydroxylation is 1. The van der Waals surface area contributed by atoms with E-state index in [-0.39, 0.29) is 5.97 Å². The number of thiophene rings is 1. The number of carbonyl (C=O) groups excluding carboxylic acids is 1. The molecule has 0 atom stereocenters. The van der Waals surface area contributed by atoms with E-state index >= 15 is 0 Å². The van der Waals surface area contributed by atoms with Crippen molar-refractivity contribution in [3.63, 3.8) is 0 Å². The fourth-order valence-corrected chi connectivity index (χ4v) is 2.73. The molecule has 0 spiro atoms. The topological polar surface area (TPSA) is 38.3 Å². The lowest BCUT2D eigenvalue weighted by atomic mass is 10.1. The van der Waals surface area contributed by atoms with Crippen LogP contribution in [-0.2, 0) is 11.3 Å². The quantitative estimate of drug-likeness (QED) is 0.863. The summed E-state index contributed by atoms with van der Waals surface area (Å²) in [5.74, 6) is -0.373. The Morgan fingerprint density at radius 2 is 2.21 bits per heavy atom. The van der Waals surface area contributed by atoms with Gasteiger partial charge in [-0.3, -0.25) is 0 Å². The molecule has 100 valence electrons. The Bertz CT molecular complexity index is 595. The van der Waals surface area contributed by atoms with Gasteiger partial charge in [-0.2, -0.15) is 0 Å². The number of hydrogen-bond donors (Lipinski definition) is 1. The molecule has 2 aromatic rings. The first-order valence-electron chi connectivity index (χ1n) is 5.76. The number of benzene rings is 1. The number of halogens is 1. The summed E-state index contributed by atoms with van der Waals surface area (Å²) in [5.41, 5.74) is 2.41. The van der Waals surface area contributed by atoms with Crippen LogP contribution in [-0.4, -0.2) is 13.1 Å². The number of nitrogens with one attached hydrogen (secondary N) is 1. The third-order valence-corrected chi connectivity index (χ3v) is 4.05. The van der Waals surface area contributed by atoms with Crippen LogP contribution in [0.3, 0.4) is 0 Å². The molecule has 0 amide bonds. The minimum atomic E-state index is -0.373. The summed E-state index contributed by atoms with van der Waals surface area (Å²) >= 11 is 7.65. The number of hydrogen-bond acceptors (Lipinski definition) is 4. The van der Waals surface area contributed by atoms with E-state index in [4.69, 9.17) is 16.3 Å². The zero-order chi connectivity index (χ0) is 13.8.